The van der Waals surface area contributed by atoms with Gasteiger partial charge in [0.25, 0.3) is 0 Å². The number of methoxy groups -OCH3 is 1. The highest BCUT2D eigenvalue weighted by Crippen LogP contribution is 2.26. The maximum atomic E-state index is 9.58. The fraction of sp³-hybridized carbons (Fsp3) is 0.294. The molecule has 1 N–H and O–H groups in total. The molecule has 0 amide bonds. The van der Waals surface area contributed by atoms with E-state index in [9.17, 15) is 5.11 Å². The Morgan fingerprint density at radius 3 is 2.73 bits per heavy atom. The largest absolute Gasteiger partial charge is 0.496 e. The van der Waals surface area contributed by atoms with Crippen LogP contribution in [0.4, 0.5) is 0 Å². The number of aromatic nitrogens is 3. The van der Waals surface area contributed by atoms with Crippen molar-refractivity contribution in [2.75, 3.05) is 7.11 Å². The van der Waals surface area contributed by atoms with Crippen LogP contribution in [0.15, 0.2) is 30.5 Å². The van der Waals surface area contributed by atoms with Crippen LogP contribution in [0.25, 0.3) is 11.0 Å². The summed E-state index contributed by atoms with van der Waals surface area (Å²) in [5.74, 6) is 1.50. The van der Waals surface area contributed by atoms with E-state index < -0.39 is 0 Å². The van der Waals surface area contributed by atoms with Gasteiger partial charge < -0.3 is 14.4 Å². The molecule has 0 unspecified atom stereocenters. The van der Waals surface area contributed by atoms with Gasteiger partial charge in [-0.05, 0) is 26.0 Å². The summed E-state index contributed by atoms with van der Waals surface area (Å²) in [5.41, 5.74) is 4.82. The van der Waals surface area contributed by atoms with E-state index in [1.807, 2.05) is 48.9 Å². The standard InChI is InChI=1S/C17H19N3O2/c1-11-8-18-14(12(2)17(11)22-3)9-20-15-7-5-4-6-13(15)19-16(20)10-21/h4-8,21H,9-10H2,1-3H3. The molecule has 0 saturated carbocycles. The zero-order chi connectivity index (χ0) is 15.7. The molecule has 1 aromatic carbocycles. The number of fused-ring (bicyclic) bond motifs is 1. The van der Waals surface area contributed by atoms with Crippen molar-refractivity contribution in [3.05, 3.63) is 53.1 Å². The average molecular weight is 297 g/mol. The number of hydrogen-bond acceptors (Lipinski definition) is 4. The van der Waals surface area contributed by atoms with E-state index in [4.69, 9.17) is 4.74 Å². The van der Waals surface area contributed by atoms with Crippen LogP contribution in [0.1, 0.15) is 22.6 Å². The van der Waals surface area contributed by atoms with Crippen LogP contribution >= 0.6 is 0 Å². The molecule has 0 atom stereocenters. The SMILES string of the molecule is COc1c(C)cnc(Cn2c(CO)nc3ccccc32)c1C. The minimum Gasteiger partial charge on any atom is -0.496 e. The number of pyridine rings is 1. The Balaban J connectivity index is 2.11. The van der Waals surface area contributed by atoms with Crippen molar-refractivity contribution in [1.82, 2.24) is 14.5 Å². The first-order chi connectivity index (χ1) is 10.7. The molecule has 0 spiro atoms. The number of imidazole rings is 1. The van der Waals surface area contributed by atoms with Crippen molar-refractivity contribution in [3.8, 4) is 5.75 Å². The maximum Gasteiger partial charge on any atom is 0.136 e. The van der Waals surface area contributed by atoms with Crippen LogP contribution in [0.3, 0.4) is 0 Å². The molecule has 0 bridgehead atoms. The lowest BCUT2D eigenvalue weighted by molar-refractivity contribution is 0.267. The Hall–Kier alpha value is -2.40. The van der Waals surface area contributed by atoms with Gasteiger partial charge in [0.15, 0.2) is 0 Å². The minimum absolute atomic E-state index is 0.100. The summed E-state index contributed by atoms with van der Waals surface area (Å²) in [6, 6.07) is 7.86. The summed E-state index contributed by atoms with van der Waals surface area (Å²) in [7, 11) is 1.67. The smallest absolute Gasteiger partial charge is 0.136 e. The fourth-order valence-electron chi connectivity index (χ4n) is 2.80. The number of hydrogen-bond donors (Lipinski definition) is 1. The Bertz CT molecular complexity index is 824. The van der Waals surface area contributed by atoms with E-state index >= 15 is 0 Å². The molecule has 0 aliphatic heterocycles. The number of benzene rings is 1. The van der Waals surface area contributed by atoms with Crippen molar-refractivity contribution in [2.24, 2.45) is 0 Å². The summed E-state index contributed by atoms with van der Waals surface area (Å²) in [4.78, 5) is 9.00. The van der Waals surface area contributed by atoms with Gasteiger partial charge in [0.1, 0.15) is 18.2 Å². The number of aliphatic hydroxyl groups is 1. The second-order valence-corrected chi connectivity index (χ2v) is 5.31. The number of aliphatic hydroxyl groups excluding tert-OH is 1. The molecule has 5 heteroatoms. The average Bonchev–Trinajstić information content (AvgIpc) is 2.88. The first-order valence-corrected chi connectivity index (χ1v) is 7.19. The lowest BCUT2D eigenvalue weighted by Crippen LogP contribution is -2.09. The molecule has 3 rings (SSSR count). The number of rotatable bonds is 4. The van der Waals surface area contributed by atoms with Gasteiger partial charge in [-0.25, -0.2) is 4.98 Å². The highest BCUT2D eigenvalue weighted by atomic mass is 16.5. The summed E-state index contributed by atoms with van der Waals surface area (Å²) < 4.78 is 7.46. The molecular weight excluding hydrogens is 278 g/mol. The van der Waals surface area contributed by atoms with Crippen molar-refractivity contribution >= 4 is 11.0 Å². The van der Waals surface area contributed by atoms with E-state index in [0.29, 0.717) is 12.4 Å². The zero-order valence-corrected chi connectivity index (χ0v) is 13.0. The van der Waals surface area contributed by atoms with E-state index in [1.165, 1.54) is 0 Å². The van der Waals surface area contributed by atoms with Crippen LogP contribution in [-0.4, -0.2) is 26.8 Å². The van der Waals surface area contributed by atoms with Crippen LogP contribution in [0, 0.1) is 13.8 Å². The van der Waals surface area contributed by atoms with Crippen LogP contribution in [-0.2, 0) is 13.2 Å². The molecule has 2 aromatic heterocycles. The first kappa shape index (κ1) is 14.5. The van der Waals surface area contributed by atoms with E-state index in [0.717, 1.165) is 33.6 Å². The topological polar surface area (TPSA) is 60.2 Å². The van der Waals surface area contributed by atoms with Gasteiger partial charge in [-0.2, -0.15) is 0 Å². The quantitative estimate of drug-likeness (QED) is 0.804. The Morgan fingerprint density at radius 1 is 1.23 bits per heavy atom. The third-order valence-electron chi connectivity index (χ3n) is 3.93. The molecule has 0 fully saturated rings. The second-order valence-electron chi connectivity index (χ2n) is 5.31. The van der Waals surface area contributed by atoms with E-state index in [1.54, 1.807) is 7.11 Å². The number of para-hydroxylation sites is 2. The number of aryl methyl sites for hydroxylation is 1. The Labute approximate surface area is 129 Å². The molecule has 3 aromatic rings. The van der Waals surface area contributed by atoms with Gasteiger partial charge in [-0.15, -0.1) is 0 Å². The van der Waals surface area contributed by atoms with Crippen LogP contribution in [0.5, 0.6) is 5.75 Å². The number of nitrogens with zero attached hydrogens (tertiary/aromatic N) is 3. The third kappa shape index (κ3) is 2.33. The van der Waals surface area contributed by atoms with E-state index in [-0.39, 0.29) is 6.61 Å². The second kappa shape index (κ2) is 5.77. The van der Waals surface area contributed by atoms with Crippen molar-refractivity contribution in [3.63, 3.8) is 0 Å². The molecule has 0 saturated heterocycles. The molecule has 5 nitrogen and oxygen atoms in total. The van der Waals surface area contributed by atoms with Crippen LogP contribution in [0.2, 0.25) is 0 Å². The maximum absolute atomic E-state index is 9.58. The third-order valence-corrected chi connectivity index (χ3v) is 3.93. The van der Waals surface area contributed by atoms with Gasteiger partial charge in [-0.1, -0.05) is 12.1 Å². The van der Waals surface area contributed by atoms with Gasteiger partial charge in [0.2, 0.25) is 0 Å². The Morgan fingerprint density at radius 2 is 2.00 bits per heavy atom. The van der Waals surface area contributed by atoms with Crippen molar-refractivity contribution in [2.45, 2.75) is 27.0 Å². The van der Waals surface area contributed by atoms with Gasteiger partial charge >= 0.3 is 0 Å². The number of ether oxygens (including phenoxy) is 1. The molecule has 22 heavy (non-hydrogen) atoms. The monoisotopic (exact) mass is 297 g/mol. The molecule has 0 aliphatic rings. The Kier molecular flexibility index (Phi) is 3.81. The molecule has 2 heterocycles. The highest BCUT2D eigenvalue weighted by Gasteiger charge is 2.14. The minimum atomic E-state index is -0.100. The van der Waals surface area contributed by atoms with E-state index in [2.05, 4.69) is 9.97 Å². The lowest BCUT2D eigenvalue weighted by atomic mass is 10.1. The summed E-state index contributed by atoms with van der Waals surface area (Å²) in [6.07, 6.45) is 1.82. The predicted molar refractivity (Wildman–Crippen MR) is 85.0 cm³/mol. The lowest BCUT2D eigenvalue weighted by Gasteiger charge is -2.14. The van der Waals surface area contributed by atoms with Crippen LogP contribution < -0.4 is 4.74 Å². The fourth-order valence-corrected chi connectivity index (χ4v) is 2.80. The summed E-state index contributed by atoms with van der Waals surface area (Å²) >= 11 is 0. The normalized spacial score (nSPS) is 11.1. The van der Waals surface area contributed by atoms with Crippen molar-refractivity contribution in [1.29, 1.82) is 0 Å². The first-order valence-electron chi connectivity index (χ1n) is 7.19. The van der Waals surface area contributed by atoms with Gasteiger partial charge in [0.05, 0.1) is 30.4 Å². The van der Waals surface area contributed by atoms with Gasteiger partial charge in [-0.3, -0.25) is 4.98 Å². The van der Waals surface area contributed by atoms with Gasteiger partial charge in [0, 0.05) is 17.3 Å². The molecular formula is C17H19N3O2. The van der Waals surface area contributed by atoms with Crippen molar-refractivity contribution < 1.29 is 9.84 Å². The zero-order valence-electron chi connectivity index (χ0n) is 13.0. The molecule has 0 radical (unpaired) electrons. The summed E-state index contributed by atoms with van der Waals surface area (Å²) in [5, 5.41) is 9.58. The molecule has 114 valence electrons. The highest BCUT2D eigenvalue weighted by molar-refractivity contribution is 5.76. The molecule has 0 aliphatic carbocycles. The predicted octanol–water partition coefficient (Wildman–Crippen LogP) is 2.60. The summed E-state index contributed by atoms with van der Waals surface area (Å²) in [6.45, 7) is 4.44.